The van der Waals surface area contributed by atoms with Gasteiger partial charge in [0.05, 0.1) is 12.5 Å². The third kappa shape index (κ3) is 2.61. The van der Waals surface area contributed by atoms with Crippen molar-refractivity contribution in [3.8, 4) is 0 Å². The standard InChI is InChI=1S/C13H19N3O2/c1-18-12(17)13(5-7-15-8-6-13)9-10-3-2-4-11(14)16-10/h2-4,15H,5-9H2,1H3,(H2,14,16). The molecule has 0 aliphatic carbocycles. The molecule has 0 unspecified atom stereocenters. The number of anilines is 1. The zero-order valence-corrected chi connectivity index (χ0v) is 10.6. The van der Waals surface area contributed by atoms with E-state index in [1.807, 2.05) is 12.1 Å². The first kappa shape index (κ1) is 12.8. The summed E-state index contributed by atoms with van der Waals surface area (Å²) in [6, 6.07) is 5.52. The normalized spacial score (nSPS) is 18.3. The van der Waals surface area contributed by atoms with Crippen LogP contribution in [0.5, 0.6) is 0 Å². The van der Waals surface area contributed by atoms with Gasteiger partial charge in [0.15, 0.2) is 0 Å². The van der Waals surface area contributed by atoms with Gasteiger partial charge < -0.3 is 15.8 Å². The average molecular weight is 249 g/mol. The number of hydrogen-bond acceptors (Lipinski definition) is 5. The van der Waals surface area contributed by atoms with Crippen LogP contribution in [0, 0.1) is 5.41 Å². The first-order chi connectivity index (χ1) is 8.66. The lowest BCUT2D eigenvalue weighted by Crippen LogP contribution is -2.44. The Balaban J connectivity index is 2.22. The molecule has 0 saturated carbocycles. The molecule has 5 heteroatoms. The number of piperidine rings is 1. The van der Waals surface area contributed by atoms with Gasteiger partial charge in [-0.3, -0.25) is 4.79 Å². The van der Waals surface area contributed by atoms with Gasteiger partial charge in [0.25, 0.3) is 0 Å². The maximum atomic E-state index is 12.1. The Hall–Kier alpha value is -1.62. The fourth-order valence-corrected chi connectivity index (χ4v) is 2.52. The van der Waals surface area contributed by atoms with Crippen molar-refractivity contribution >= 4 is 11.8 Å². The number of carbonyl (C=O) groups is 1. The summed E-state index contributed by atoms with van der Waals surface area (Å²) in [5.74, 6) is 0.342. The van der Waals surface area contributed by atoms with Crippen LogP contribution in [0.2, 0.25) is 0 Å². The summed E-state index contributed by atoms with van der Waals surface area (Å²) in [5, 5.41) is 3.26. The molecule has 1 aromatic heterocycles. The van der Waals surface area contributed by atoms with Crippen LogP contribution in [0.15, 0.2) is 18.2 Å². The summed E-state index contributed by atoms with van der Waals surface area (Å²) >= 11 is 0. The van der Waals surface area contributed by atoms with Crippen molar-refractivity contribution in [2.75, 3.05) is 25.9 Å². The zero-order valence-electron chi connectivity index (χ0n) is 10.6. The monoisotopic (exact) mass is 249 g/mol. The van der Waals surface area contributed by atoms with Crippen molar-refractivity contribution in [3.63, 3.8) is 0 Å². The molecule has 2 rings (SSSR count). The first-order valence-corrected chi connectivity index (χ1v) is 6.17. The van der Waals surface area contributed by atoms with Crippen molar-refractivity contribution in [1.82, 2.24) is 10.3 Å². The summed E-state index contributed by atoms with van der Waals surface area (Å²) in [6.45, 7) is 1.66. The molecule has 0 aromatic carbocycles. The third-order valence-electron chi connectivity index (χ3n) is 3.53. The van der Waals surface area contributed by atoms with E-state index in [4.69, 9.17) is 10.5 Å². The molecule has 1 aliphatic rings. The highest BCUT2D eigenvalue weighted by molar-refractivity contribution is 5.77. The number of rotatable bonds is 3. The molecular formula is C13H19N3O2. The van der Waals surface area contributed by atoms with E-state index < -0.39 is 5.41 Å². The number of hydrogen-bond donors (Lipinski definition) is 2. The van der Waals surface area contributed by atoms with Crippen molar-refractivity contribution in [1.29, 1.82) is 0 Å². The highest BCUT2D eigenvalue weighted by Gasteiger charge is 2.41. The van der Waals surface area contributed by atoms with E-state index in [0.29, 0.717) is 12.2 Å². The van der Waals surface area contributed by atoms with Gasteiger partial charge in [0, 0.05) is 12.1 Å². The quantitative estimate of drug-likeness (QED) is 0.773. The van der Waals surface area contributed by atoms with Crippen molar-refractivity contribution in [2.24, 2.45) is 5.41 Å². The Morgan fingerprint density at radius 2 is 2.22 bits per heavy atom. The third-order valence-corrected chi connectivity index (χ3v) is 3.53. The Morgan fingerprint density at radius 3 is 2.83 bits per heavy atom. The smallest absolute Gasteiger partial charge is 0.312 e. The van der Waals surface area contributed by atoms with E-state index in [9.17, 15) is 4.79 Å². The van der Waals surface area contributed by atoms with Crippen LogP contribution in [-0.2, 0) is 16.0 Å². The molecule has 1 saturated heterocycles. The summed E-state index contributed by atoms with van der Waals surface area (Å²) in [5.41, 5.74) is 6.07. The molecule has 18 heavy (non-hydrogen) atoms. The number of aromatic nitrogens is 1. The van der Waals surface area contributed by atoms with Crippen LogP contribution in [0.4, 0.5) is 5.82 Å². The van der Waals surface area contributed by atoms with E-state index in [1.165, 1.54) is 7.11 Å². The minimum atomic E-state index is -0.458. The molecule has 98 valence electrons. The minimum Gasteiger partial charge on any atom is -0.469 e. The van der Waals surface area contributed by atoms with E-state index >= 15 is 0 Å². The Bertz CT molecular complexity index is 428. The van der Waals surface area contributed by atoms with E-state index in [1.54, 1.807) is 6.07 Å². The second-order valence-electron chi connectivity index (χ2n) is 4.75. The molecule has 1 aromatic rings. The van der Waals surface area contributed by atoms with Crippen LogP contribution < -0.4 is 11.1 Å². The number of ether oxygens (including phenoxy) is 1. The molecule has 0 radical (unpaired) electrons. The summed E-state index contributed by atoms with van der Waals surface area (Å²) in [7, 11) is 1.44. The number of pyridine rings is 1. The lowest BCUT2D eigenvalue weighted by Gasteiger charge is -2.34. The van der Waals surface area contributed by atoms with Crippen molar-refractivity contribution in [2.45, 2.75) is 19.3 Å². The Kier molecular flexibility index (Phi) is 3.81. The molecule has 0 atom stereocenters. The highest BCUT2D eigenvalue weighted by Crippen LogP contribution is 2.34. The molecule has 0 bridgehead atoms. The van der Waals surface area contributed by atoms with Crippen molar-refractivity contribution in [3.05, 3.63) is 23.9 Å². The Labute approximate surface area is 107 Å². The number of nitrogens with zero attached hydrogens (tertiary/aromatic N) is 1. The van der Waals surface area contributed by atoms with Gasteiger partial charge >= 0.3 is 5.97 Å². The molecule has 1 aliphatic heterocycles. The van der Waals surface area contributed by atoms with Crippen LogP contribution in [0.3, 0.4) is 0 Å². The van der Waals surface area contributed by atoms with E-state index in [-0.39, 0.29) is 5.97 Å². The minimum absolute atomic E-state index is 0.145. The fraction of sp³-hybridized carbons (Fsp3) is 0.538. The summed E-state index contributed by atoms with van der Waals surface area (Å²) in [6.07, 6.45) is 2.14. The topological polar surface area (TPSA) is 77.2 Å². The zero-order chi connectivity index (χ0) is 13.0. The molecule has 2 heterocycles. The molecule has 0 spiro atoms. The molecule has 5 nitrogen and oxygen atoms in total. The highest BCUT2D eigenvalue weighted by atomic mass is 16.5. The van der Waals surface area contributed by atoms with E-state index in [2.05, 4.69) is 10.3 Å². The van der Waals surface area contributed by atoms with Gasteiger partial charge in [-0.2, -0.15) is 0 Å². The number of nitrogens with one attached hydrogen (secondary N) is 1. The largest absolute Gasteiger partial charge is 0.469 e. The van der Waals surface area contributed by atoms with Gasteiger partial charge in [0.2, 0.25) is 0 Å². The van der Waals surface area contributed by atoms with Crippen LogP contribution in [0.25, 0.3) is 0 Å². The number of carbonyl (C=O) groups excluding carboxylic acids is 1. The number of nitrogens with two attached hydrogens (primary N) is 1. The second-order valence-corrected chi connectivity index (χ2v) is 4.75. The molecule has 3 N–H and O–H groups in total. The number of esters is 1. The molecule has 0 amide bonds. The second kappa shape index (κ2) is 5.35. The van der Waals surface area contributed by atoms with Gasteiger partial charge in [-0.1, -0.05) is 6.07 Å². The van der Waals surface area contributed by atoms with Gasteiger partial charge in [-0.15, -0.1) is 0 Å². The van der Waals surface area contributed by atoms with Gasteiger partial charge in [-0.25, -0.2) is 4.98 Å². The van der Waals surface area contributed by atoms with Crippen molar-refractivity contribution < 1.29 is 9.53 Å². The lowest BCUT2D eigenvalue weighted by molar-refractivity contribution is -0.154. The predicted octanol–water partition coefficient (Wildman–Crippen LogP) is 0.749. The van der Waals surface area contributed by atoms with Crippen LogP contribution in [0.1, 0.15) is 18.5 Å². The van der Waals surface area contributed by atoms with Gasteiger partial charge in [-0.05, 0) is 38.1 Å². The predicted molar refractivity (Wildman–Crippen MR) is 68.9 cm³/mol. The Morgan fingerprint density at radius 1 is 1.50 bits per heavy atom. The van der Waals surface area contributed by atoms with Crippen LogP contribution in [-0.4, -0.2) is 31.2 Å². The van der Waals surface area contributed by atoms with Crippen LogP contribution >= 0.6 is 0 Å². The first-order valence-electron chi connectivity index (χ1n) is 6.17. The SMILES string of the molecule is COC(=O)C1(Cc2cccc(N)n2)CCNCC1. The van der Waals surface area contributed by atoms with Gasteiger partial charge in [0.1, 0.15) is 5.82 Å². The van der Waals surface area contributed by atoms with E-state index in [0.717, 1.165) is 31.6 Å². The maximum absolute atomic E-state index is 12.1. The number of nitrogen functional groups attached to an aromatic ring is 1. The lowest BCUT2D eigenvalue weighted by atomic mass is 9.75. The number of methoxy groups -OCH3 is 1. The summed E-state index contributed by atoms with van der Waals surface area (Å²) in [4.78, 5) is 16.3. The average Bonchev–Trinajstić information content (AvgIpc) is 2.39. The molecule has 1 fully saturated rings. The molecular weight excluding hydrogens is 230 g/mol. The maximum Gasteiger partial charge on any atom is 0.312 e. The fourth-order valence-electron chi connectivity index (χ4n) is 2.52. The summed E-state index contributed by atoms with van der Waals surface area (Å²) < 4.78 is 4.97.